The van der Waals surface area contributed by atoms with Crippen molar-refractivity contribution in [3.05, 3.63) is 35.1 Å². The van der Waals surface area contributed by atoms with Crippen LogP contribution in [0.15, 0.2) is 18.2 Å². The first kappa shape index (κ1) is 21.8. The van der Waals surface area contributed by atoms with E-state index in [2.05, 4.69) is 31.0 Å². The van der Waals surface area contributed by atoms with Crippen molar-refractivity contribution in [2.75, 3.05) is 26.2 Å². The number of carbonyl (C=O) groups excluding carboxylic acids is 1. The molecule has 1 N–H and O–H groups in total. The van der Waals surface area contributed by atoms with E-state index in [1.807, 2.05) is 6.07 Å². The number of rotatable bonds is 4. The molecule has 1 amide bonds. The van der Waals surface area contributed by atoms with E-state index >= 15 is 0 Å². The average Bonchev–Trinajstić information content (AvgIpc) is 3.24. The Morgan fingerprint density at radius 2 is 2.00 bits per heavy atom. The van der Waals surface area contributed by atoms with Gasteiger partial charge in [-0.1, -0.05) is 26.8 Å². The van der Waals surface area contributed by atoms with Gasteiger partial charge in [-0.05, 0) is 98.7 Å². The fourth-order valence-corrected chi connectivity index (χ4v) is 5.42. The Balaban J connectivity index is 1.48. The molecular weight excluding hydrogens is 379 g/mol. The minimum Gasteiger partial charge on any atom is -0.368 e. The molecule has 2 heterocycles. The lowest BCUT2D eigenvalue weighted by Crippen LogP contribution is -2.47. The second kappa shape index (κ2) is 8.58. The van der Waals surface area contributed by atoms with Crippen LogP contribution in [0.25, 0.3) is 0 Å². The maximum Gasteiger partial charge on any atom is 0.249 e. The van der Waals surface area contributed by atoms with E-state index in [1.165, 1.54) is 6.42 Å². The van der Waals surface area contributed by atoms with Gasteiger partial charge in [0, 0.05) is 6.61 Å². The number of hydrogen-bond donors (Lipinski definition) is 1. The molecule has 3 aliphatic rings. The van der Waals surface area contributed by atoms with Crippen LogP contribution < -0.4 is 5.32 Å². The van der Waals surface area contributed by atoms with Gasteiger partial charge in [0.15, 0.2) is 0 Å². The minimum absolute atomic E-state index is 0.0132. The molecule has 1 unspecified atom stereocenters. The van der Waals surface area contributed by atoms with Crippen molar-refractivity contribution in [3.63, 3.8) is 0 Å². The SMILES string of the molecule is CC(C)(C)CCN1CCC2(CC[C@@H](NC(=O)C3CCCO3)c3ccc(F)cc32)CC1. The number of fused-ring (bicyclic) bond motifs is 2. The Morgan fingerprint density at radius 3 is 2.67 bits per heavy atom. The first-order chi connectivity index (χ1) is 14.3. The van der Waals surface area contributed by atoms with Crippen LogP contribution >= 0.6 is 0 Å². The maximum absolute atomic E-state index is 14.3. The third-order valence-corrected chi connectivity index (χ3v) is 7.40. The molecule has 4 rings (SSSR count). The average molecular weight is 417 g/mol. The lowest BCUT2D eigenvalue weighted by molar-refractivity contribution is -0.131. The summed E-state index contributed by atoms with van der Waals surface area (Å²) in [5, 5.41) is 3.21. The molecule has 1 aromatic rings. The second-order valence-electron chi connectivity index (χ2n) is 10.8. The molecule has 0 saturated carbocycles. The number of benzene rings is 1. The summed E-state index contributed by atoms with van der Waals surface area (Å²) < 4.78 is 19.8. The number of halogens is 1. The number of carbonyl (C=O) groups is 1. The van der Waals surface area contributed by atoms with E-state index in [1.54, 1.807) is 12.1 Å². The van der Waals surface area contributed by atoms with Gasteiger partial charge in [0.1, 0.15) is 11.9 Å². The van der Waals surface area contributed by atoms with Crippen LogP contribution in [0, 0.1) is 11.2 Å². The van der Waals surface area contributed by atoms with Crippen molar-refractivity contribution in [1.82, 2.24) is 10.2 Å². The Hall–Kier alpha value is -1.46. The molecule has 1 aliphatic carbocycles. The zero-order valence-electron chi connectivity index (χ0n) is 18.8. The van der Waals surface area contributed by atoms with Crippen LogP contribution in [0.3, 0.4) is 0 Å². The van der Waals surface area contributed by atoms with Crippen molar-refractivity contribution < 1.29 is 13.9 Å². The van der Waals surface area contributed by atoms with Crippen molar-refractivity contribution in [2.45, 2.75) is 83.3 Å². The number of piperidine rings is 1. The minimum atomic E-state index is -0.323. The van der Waals surface area contributed by atoms with Gasteiger partial charge in [-0.3, -0.25) is 4.79 Å². The summed E-state index contributed by atoms with van der Waals surface area (Å²) in [5.41, 5.74) is 2.63. The largest absolute Gasteiger partial charge is 0.368 e. The first-order valence-electron chi connectivity index (χ1n) is 11.7. The summed E-state index contributed by atoms with van der Waals surface area (Å²) in [6, 6.07) is 5.14. The van der Waals surface area contributed by atoms with Gasteiger partial charge < -0.3 is 15.0 Å². The van der Waals surface area contributed by atoms with Gasteiger partial charge in [-0.25, -0.2) is 4.39 Å². The Kier molecular flexibility index (Phi) is 6.23. The van der Waals surface area contributed by atoms with Gasteiger partial charge in [0.05, 0.1) is 6.04 Å². The quantitative estimate of drug-likeness (QED) is 0.772. The van der Waals surface area contributed by atoms with Crippen molar-refractivity contribution >= 4 is 5.91 Å². The highest BCUT2D eigenvalue weighted by Crippen LogP contribution is 2.48. The van der Waals surface area contributed by atoms with Crippen molar-refractivity contribution in [2.24, 2.45) is 5.41 Å². The van der Waals surface area contributed by atoms with Crippen molar-refractivity contribution in [1.29, 1.82) is 0 Å². The van der Waals surface area contributed by atoms with E-state index in [0.29, 0.717) is 12.0 Å². The number of nitrogens with one attached hydrogen (secondary N) is 1. The van der Waals surface area contributed by atoms with Gasteiger partial charge in [-0.15, -0.1) is 0 Å². The van der Waals surface area contributed by atoms with Gasteiger partial charge in [0.25, 0.3) is 0 Å². The zero-order chi connectivity index (χ0) is 21.4. The molecule has 2 fully saturated rings. The van der Waals surface area contributed by atoms with Gasteiger partial charge in [-0.2, -0.15) is 0 Å². The number of nitrogens with zero attached hydrogens (tertiary/aromatic N) is 1. The number of amides is 1. The van der Waals surface area contributed by atoms with Crippen molar-refractivity contribution in [3.8, 4) is 0 Å². The molecule has 0 bridgehead atoms. The maximum atomic E-state index is 14.3. The molecule has 5 heteroatoms. The normalized spacial score (nSPS) is 26.5. The zero-order valence-corrected chi connectivity index (χ0v) is 18.8. The molecule has 30 heavy (non-hydrogen) atoms. The summed E-state index contributed by atoms with van der Waals surface area (Å²) in [7, 11) is 0. The highest BCUT2D eigenvalue weighted by Gasteiger charge is 2.43. The Bertz CT molecular complexity index is 759. The number of hydrogen-bond acceptors (Lipinski definition) is 3. The van der Waals surface area contributed by atoms with Gasteiger partial charge >= 0.3 is 0 Å². The molecule has 1 spiro atoms. The second-order valence-corrected chi connectivity index (χ2v) is 10.8. The molecule has 2 saturated heterocycles. The molecule has 0 aromatic heterocycles. The van der Waals surface area contributed by atoms with E-state index in [9.17, 15) is 9.18 Å². The Morgan fingerprint density at radius 1 is 1.23 bits per heavy atom. The lowest BCUT2D eigenvalue weighted by Gasteiger charge is -2.47. The summed E-state index contributed by atoms with van der Waals surface area (Å²) >= 11 is 0. The summed E-state index contributed by atoms with van der Waals surface area (Å²) in [4.78, 5) is 15.2. The highest BCUT2D eigenvalue weighted by atomic mass is 19.1. The van der Waals surface area contributed by atoms with E-state index < -0.39 is 0 Å². The predicted octanol–water partition coefficient (Wildman–Crippen LogP) is 4.73. The van der Waals surface area contributed by atoms with Crippen LogP contribution in [0.4, 0.5) is 4.39 Å². The monoisotopic (exact) mass is 416 g/mol. The fraction of sp³-hybridized carbons (Fsp3) is 0.720. The van der Waals surface area contributed by atoms with Gasteiger partial charge in [0.2, 0.25) is 5.91 Å². The third-order valence-electron chi connectivity index (χ3n) is 7.40. The molecular formula is C25H37FN2O2. The lowest BCUT2D eigenvalue weighted by atomic mass is 9.63. The predicted molar refractivity (Wildman–Crippen MR) is 117 cm³/mol. The third kappa shape index (κ3) is 4.72. The topological polar surface area (TPSA) is 41.6 Å². The first-order valence-corrected chi connectivity index (χ1v) is 11.7. The summed E-state index contributed by atoms with van der Waals surface area (Å²) in [6.07, 6.45) is 6.67. The molecule has 2 aliphatic heterocycles. The van der Waals surface area contributed by atoms with E-state index in [4.69, 9.17) is 4.74 Å². The van der Waals surface area contributed by atoms with Crippen LogP contribution in [0.1, 0.15) is 82.9 Å². The standard InChI is InChI=1S/C25H37FN2O2/c1-24(2,3)10-13-28-14-11-25(12-15-28)9-8-21(19-7-6-18(26)17-20(19)25)27-23(29)22-5-4-16-30-22/h6-7,17,21-22H,4-5,8-16H2,1-3H3,(H,27,29)/t21-,22?/m1/s1. The van der Waals surface area contributed by atoms with E-state index in [0.717, 1.165) is 69.3 Å². The molecule has 166 valence electrons. The van der Waals surface area contributed by atoms with Crippen LogP contribution in [0.5, 0.6) is 0 Å². The molecule has 4 nitrogen and oxygen atoms in total. The molecule has 1 aromatic carbocycles. The fourth-order valence-electron chi connectivity index (χ4n) is 5.42. The number of ether oxygens (including phenoxy) is 1. The van der Waals surface area contributed by atoms with Crippen LogP contribution in [-0.4, -0.2) is 43.2 Å². The molecule has 0 radical (unpaired) electrons. The number of likely N-dealkylation sites (tertiary alicyclic amines) is 1. The summed E-state index contributed by atoms with van der Waals surface area (Å²) in [6.45, 7) is 10.8. The molecule has 2 atom stereocenters. The Labute approximate surface area is 180 Å². The van der Waals surface area contributed by atoms with Crippen LogP contribution in [-0.2, 0) is 14.9 Å². The summed E-state index contributed by atoms with van der Waals surface area (Å²) in [5.74, 6) is -0.185. The van der Waals surface area contributed by atoms with Crippen LogP contribution in [0.2, 0.25) is 0 Å². The van der Waals surface area contributed by atoms with E-state index in [-0.39, 0.29) is 29.3 Å². The highest BCUT2D eigenvalue weighted by molar-refractivity contribution is 5.81. The smallest absolute Gasteiger partial charge is 0.249 e.